The van der Waals surface area contributed by atoms with E-state index >= 15 is 0 Å². The van der Waals surface area contributed by atoms with Crippen molar-refractivity contribution in [1.29, 1.82) is 0 Å². The standard InChI is InChI=1S/C15H12OS2/c1-2-11-6-7-13(18-11)14(16)12-5-3-4-10-8-9-17-15(10)12/h3-9H,2H2,1H3. The van der Waals surface area contributed by atoms with Gasteiger partial charge in [-0.3, -0.25) is 4.79 Å². The normalized spacial score (nSPS) is 10.9. The third-order valence-corrected chi connectivity index (χ3v) is 5.15. The van der Waals surface area contributed by atoms with Crippen LogP contribution in [0, 0.1) is 0 Å². The lowest BCUT2D eigenvalue weighted by atomic mass is 10.1. The van der Waals surface area contributed by atoms with E-state index in [1.165, 1.54) is 4.88 Å². The molecule has 1 aromatic carbocycles. The number of rotatable bonds is 3. The van der Waals surface area contributed by atoms with Crippen LogP contribution >= 0.6 is 22.7 Å². The van der Waals surface area contributed by atoms with E-state index in [4.69, 9.17) is 0 Å². The van der Waals surface area contributed by atoms with Crippen LogP contribution in [-0.2, 0) is 6.42 Å². The monoisotopic (exact) mass is 272 g/mol. The van der Waals surface area contributed by atoms with Crippen LogP contribution in [0.2, 0.25) is 0 Å². The number of carbonyl (C=O) groups is 1. The molecule has 3 aromatic rings. The number of thiophene rings is 2. The summed E-state index contributed by atoms with van der Waals surface area (Å²) in [7, 11) is 0. The second-order valence-electron chi connectivity index (χ2n) is 4.09. The van der Waals surface area contributed by atoms with Crippen LogP contribution < -0.4 is 0 Å². The van der Waals surface area contributed by atoms with Gasteiger partial charge in [-0.15, -0.1) is 22.7 Å². The largest absolute Gasteiger partial charge is 0.288 e. The van der Waals surface area contributed by atoms with E-state index < -0.39 is 0 Å². The van der Waals surface area contributed by atoms with E-state index in [1.54, 1.807) is 22.7 Å². The molecule has 0 spiro atoms. The first-order chi connectivity index (χ1) is 8.79. The maximum Gasteiger partial charge on any atom is 0.204 e. The predicted molar refractivity (Wildman–Crippen MR) is 79.0 cm³/mol. The first-order valence-corrected chi connectivity index (χ1v) is 7.59. The number of ketones is 1. The highest BCUT2D eigenvalue weighted by molar-refractivity contribution is 7.18. The van der Waals surface area contributed by atoms with Crippen molar-refractivity contribution in [1.82, 2.24) is 0 Å². The zero-order chi connectivity index (χ0) is 12.5. The van der Waals surface area contributed by atoms with Crippen molar-refractivity contribution < 1.29 is 4.79 Å². The molecule has 0 radical (unpaired) electrons. The van der Waals surface area contributed by atoms with Crippen molar-refractivity contribution in [3.63, 3.8) is 0 Å². The molecule has 0 aliphatic carbocycles. The average Bonchev–Trinajstić information content (AvgIpc) is 3.05. The zero-order valence-electron chi connectivity index (χ0n) is 9.97. The minimum absolute atomic E-state index is 0.146. The Morgan fingerprint density at radius 1 is 1.17 bits per heavy atom. The van der Waals surface area contributed by atoms with E-state index in [-0.39, 0.29) is 5.78 Å². The summed E-state index contributed by atoms with van der Waals surface area (Å²) < 4.78 is 1.09. The molecule has 0 unspecified atom stereocenters. The first-order valence-electron chi connectivity index (χ1n) is 5.89. The highest BCUT2D eigenvalue weighted by atomic mass is 32.1. The van der Waals surface area contributed by atoms with E-state index in [0.717, 1.165) is 26.9 Å². The van der Waals surface area contributed by atoms with Crippen molar-refractivity contribution in [2.75, 3.05) is 0 Å². The van der Waals surface area contributed by atoms with Crippen LogP contribution in [-0.4, -0.2) is 5.78 Å². The SMILES string of the molecule is CCc1ccc(C(=O)c2cccc3ccsc23)s1. The lowest BCUT2D eigenvalue weighted by molar-refractivity contribution is 0.104. The lowest BCUT2D eigenvalue weighted by Gasteiger charge is -2.00. The molecule has 2 aromatic heterocycles. The minimum Gasteiger partial charge on any atom is -0.288 e. The van der Waals surface area contributed by atoms with Gasteiger partial charge in [0.2, 0.25) is 5.78 Å². The second kappa shape index (κ2) is 4.67. The fourth-order valence-corrected chi connectivity index (χ4v) is 3.81. The van der Waals surface area contributed by atoms with Gasteiger partial charge in [0.05, 0.1) is 4.88 Å². The number of carbonyl (C=O) groups excluding carboxylic acids is 1. The first kappa shape index (κ1) is 11.6. The highest BCUT2D eigenvalue weighted by Gasteiger charge is 2.14. The summed E-state index contributed by atoms with van der Waals surface area (Å²) in [6, 6.07) is 12.0. The summed E-state index contributed by atoms with van der Waals surface area (Å²) >= 11 is 3.24. The molecule has 0 aliphatic heterocycles. The Labute approximate surface area is 114 Å². The number of hydrogen-bond acceptors (Lipinski definition) is 3. The Bertz CT molecular complexity index is 706. The van der Waals surface area contributed by atoms with Crippen LogP contribution in [0.25, 0.3) is 10.1 Å². The molecule has 0 saturated heterocycles. The molecular weight excluding hydrogens is 260 g/mol. The Balaban J connectivity index is 2.08. The number of fused-ring (bicyclic) bond motifs is 1. The van der Waals surface area contributed by atoms with Crippen molar-refractivity contribution in [2.24, 2.45) is 0 Å². The third-order valence-electron chi connectivity index (χ3n) is 2.96. The fraction of sp³-hybridized carbons (Fsp3) is 0.133. The van der Waals surface area contributed by atoms with Gasteiger partial charge in [0.1, 0.15) is 0 Å². The summed E-state index contributed by atoms with van der Waals surface area (Å²) in [5, 5.41) is 3.19. The van der Waals surface area contributed by atoms with Gasteiger partial charge >= 0.3 is 0 Å². The number of aryl methyl sites for hydroxylation is 1. The molecule has 0 bridgehead atoms. The Kier molecular flexibility index (Phi) is 3.02. The van der Waals surface area contributed by atoms with Crippen molar-refractivity contribution >= 4 is 38.5 Å². The molecule has 0 saturated carbocycles. The molecule has 1 nitrogen and oxygen atoms in total. The molecule has 3 rings (SSSR count). The number of hydrogen-bond donors (Lipinski definition) is 0. The van der Waals surface area contributed by atoms with Crippen LogP contribution in [0.1, 0.15) is 27.0 Å². The molecule has 0 atom stereocenters. The Hall–Kier alpha value is -1.45. The summed E-state index contributed by atoms with van der Waals surface area (Å²) in [6.07, 6.45) is 0.987. The van der Waals surface area contributed by atoms with Gasteiger partial charge in [0.15, 0.2) is 0 Å². The maximum atomic E-state index is 12.5. The van der Waals surface area contributed by atoms with E-state index in [1.807, 2.05) is 29.6 Å². The van der Waals surface area contributed by atoms with Gasteiger partial charge in [0.25, 0.3) is 0 Å². The summed E-state index contributed by atoms with van der Waals surface area (Å²) in [6.45, 7) is 2.11. The van der Waals surface area contributed by atoms with E-state index in [0.29, 0.717) is 0 Å². The fourth-order valence-electron chi connectivity index (χ4n) is 1.99. The van der Waals surface area contributed by atoms with Crippen molar-refractivity contribution in [2.45, 2.75) is 13.3 Å². The third kappa shape index (κ3) is 1.89. The van der Waals surface area contributed by atoms with Crippen LogP contribution in [0.3, 0.4) is 0 Å². The molecule has 0 fully saturated rings. The van der Waals surface area contributed by atoms with Gasteiger partial charge in [-0.1, -0.05) is 19.1 Å². The predicted octanol–water partition coefficient (Wildman–Crippen LogP) is 4.76. The van der Waals surface area contributed by atoms with Gasteiger partial charge in [-0.2, -0.15) is 0 Å². The zero-order valence-corrected chi connectivity index (χ0v) is 11.6. The van der Waals surface area contributed by atoms with Crippen molar-refractivity contribution in [3.05, 3.63) is 57.1 Å². The van der Waals surface area contributed by atoms with E-state index in [9.17, 15) is 4.79 Å². The summed E-state index contributed by atoms with van der Waals surface area (Å²) in [4.78, 5) is 14.6. The lowest BCUT2D eigenvalue weighted by Crippen LogP contribution is -1.98. The van der Waals surface area contributed by atoms with Gasteiger partial charge in [-0.05, 0) is 41.5 Å². The second-order valence-corrected chi connectivity index (χ2v) is 6.18. The molecule has 2 heterocycles. The minimum atomic E-state index is 0.146. The van der Waals surface area contributed by atoms with Crippen molar-refractivity contribution in [3.8, 4) is 0 Å². The Morgan fingerprint density at radius 2 is 2.06 bits per heavy atom. The molecule has 0 N–H and O–H groups in total. The van der Waals surface area contributed by atoms with E-state index in [2.05, 4.69) is 19.1 Å². The molecule has 0 amide bonds. The van der Waals surface area contributed by atoms with Gasteiger partial charge < -0.3 is 0 Å². The molecule has 90 valence electrons. The molecule has 0 aliphatic rings. The Morgan fingerprint density at radius 3 is 2.83 bits per heavy atom. The highest BCUT2D eigenvalue weighted by Crippen LogP contribution is 2.28. The van der Waals surface area contributed by atoms with Gasteiger partial charge in [0, 0.05) is 15.1 Å². The quantitative estimate of drug-likeness (QED) is 0.628. The summed E-state index contributed by atoms with van der Waals surface area (Å²) in [5.74, 6) is 0.146. The smallest absolute Gasteiger partial charge is 0.204 e. The molecule has 3 heteroatoms. The van der Waals surface area contributed by atoms with Crippen LogP contribution in [0.4, 0.5) is 0 Å². The van der Waals surface area contributed by atoms with Gasteiger partial charge in [-0.25, -0.2) is 0 Å². The van der Waals surface area contributed by atoms with Crippen LogP contribution in [0.5, 0.6) is 0 Å². The average molecular weight is 272 g/mol. The molecule has 18 heavy (non-hydrogen) atoms. The number of benzene rings is 1. The van der Waals surface area contributed by atoms with Crippen LogP contribution in [0.15, 0.2) is 41.8 Å². The maximum absolute atomic E-state index is 12.5. The topological polar surface area (TPSA) is 17.1 Å². The summed E-state index contributed by atoms with van der Waals surface area (Å²) in [5.41, 5.74) is 0.826. The molecular formula is C15H12OS2.